The number of hydrogen-bond donors (Lipinski definition) is 1. The minimum absolute atomic E-state index is 0.672. The van der Waals surface area contributed by atoms with Crippen molar-refractivity contribution in [2.24, 2.45) is 5.73 Å². The lowest BCUT2D eigenvalue weighted by atomic mass is 10.0. The highest BCUT2D eigenvalue weighted by Crippen LogP contribution is 2.31. The molecule has 2 heterocycles. The van der Waals surface area contributed by atoms with E-state index < -0.39 is 0 Å². The average molecular weight is 337 g/mol. The van der Waals surface area contributed by atoms with Crippen LogP contribution in [0.1, 0.15) is 29.5 Å². The summed E-state index contributed by atoms with van der Waals surface area (Å²) >= 11 is 0. The summed E-state index contributed by atoms with van der Waals surface area (Å²) in [7, 11) is 0. The first-order valence-corrected chi connectivity index (χ1v) is 9.11. The zero-order valence-corrected chi connectivity index (χ0v) is 15.3. The Morgan fingerprint density at radius 1 is 1.16 bits per heavy atom. The highest BCUT2D eigenvalue weighted by Gasteiger charge is 2.20. The third-order valence-corrected chi connectivity index (χ3v) is 5.16. The fourth-order valence-electron chi connectivity index (χ4n) is 3.59. The lowest BCUT2D eigenvalue weighted by molar-refractivity contribution is 0.291. The molecule has 132 valence electrons. The summed E-state index contributed by atoms with van der Waals surface area (Å²) in [4.78, 5) is 9.37. The fourth-order valence-corrected chi connectivity index (χ4v) is 3.59. The van der Waals surface area contributed by atoms with E-state index in [2.05, 4.69) is 46.8 Å². The van der Waals surface area contributed by atoms with Crippen LogP contribution in [0.5, 0.6) is 0 Å². The second-order valence-electron chi connectivity index (χ2n) is 6.91. The van der Waals surface area contributed by atoms with Gasteiger partial charge >= 0.3 is 0 Å². The van der Waals surface area contributed by atoms with Gasteiger partial charge in [-0.1, -0.05) is 0 Å². The van der Waals surface area contributed by atoms with Crippen molar-refractivity contribution in [2.45, 2.75) is 26.7 Å². The molecule has 5 heteroatoms. The second-order valence-corrected chi connectivity index (χ2v) is 6.91. The zero-order chi connectivity index (χ0) is 17.8. The summed E-state index contributed by atoms with van der Waals surface area (Å²) in [5.41, 5.74) is 10.8. The Labute approximate surface area is 150 Å². The number of aryl methyl sites for hydroxylation is 2. The fraction of sp³-hybridized carbons (Fsp3) is 0.500. The molecule has 1 aliphatic rings. The van der Waals surface area contributed by atoms with Gasteiger partial charge in [0.1, 0.15) is 6.07 Å². The number of fused-ring (bicyclic) bond motifs is 1. The van der Waals surface area contributed by atoms with Crippen LogP contribution in [0, 0.1) is 25.2 Å². The number of benzene rings is 1. The molecule has 1 aliphatic heterocycles. The van der Waals surface area contributed by atoms with Gasteiger partial charge in [0.2, 0.25) is 0 Å². The molecule has 0 atom stereocenters. The van der Waals surface area contributed by atoms with Crippen LogP contribution in [0.3, 0.4) is 0 Å². The van der Waals surface area contributed by atoms with E-state index in [4.69, 9.17) is 5.73 Å². The largest absolute Gasteiger partial charge is 0.369 e. The average Bonchev–Trinajstić information content (AvgIpc) is 2.85. The Morgan fingerprint density at radius 3 is 2.72 bits per heavy atom. The van der Waals surface area contributed by atoms with Crippen LogP contribution in [0.2, 0.25) is 0 Å². The molecular weight excluding hydrogens is 310 g/mol. The van der Waals surface area contributed by atoms with Crippen LogP contribution in [-0.2, 0) is 0 Å². The maximum Gasteiger partial charge on any atom is 0.103 e. The van der Waals surface area contributed by atoms with Gasteiger partial charge in [-0.3, -0.25) is 4.98 Å². The van der Waals surface area contributed by atoms with Crippen molar-refractivity contribution in [2.75, 3.05) is 44.2 Å². The molecule has 1 saturated heterocycles. The third kappa shape index (κ3) is 3.76. The normalized spacial score (nSPS) is 16.0. The maximum atomic E-state index is 9.63. The number of pyridine rings is 1. The second kappa shape index (κ2) is 7.81. The van der Waals surface area contributed by atoms with E-state index in [1.165, 1.54) is 11.1 Å². The van der Waals surface area contributed by atoms with Crippen LogP contribution >= 0.6 is 0 Å². The van der Waals surface area contributed by atoms with Crippen molar-refractivity contribution < 1.29 is 0 Å². The zero-order valence-electron chi connectivity index (χ0n) is 15.3. The standard InChI is InChI=1S/C20H27N5/c1-15-11-18-19(12-16(15)2)23-14-17(13-22)20(18)25-8-4-7-24(9-10-25)6-3-5-21/h11-12,14H,3-10,21H2,1-2H3. The highest BCUT2D eigenvalue weighted by atomic mass is 15.2. The first kappa shape index (κ1) is 17.7. The molecule has 2 N–H and O–H groups in total. The Kier molecular flexibility index (Phi) is 5.52. The molecule has 25 heavy (non-hydrogen) atoms. The summed E-state index contributed by atoms with van der Waals surface area (Å²) in [6.07, 6.45) is 3.87. The highest BCUT2D eigenvalue weighted by molar-refractivity contribution is 5.95. The molecule has 0 spiro atoms. The van der Waals surface area contributed by atoms with Crippen molar-refractivity contribution in [3.63, 3.8) is 0 Å². The molecular formula is C20H27N5. The quantitative estimate of drug-likeness (QED) is 0.928. The van der Waals surface area contributed by atoms with Crippen molar-refractivity contribution in [1.29, 1.82) is 5.26 Å². The van der Waals surface area contributed by atoms with Gasteiger partial charge in [0.05, 0.1) is 16.8 Å². The molecule has 1 aromatic carbocycles. The lowest BCUT2D eigenvalue weighted by Crippen LogP contribution is -2.32. The number of hydrogen-bond acceptors (Lipinski definition) is 5. The molecule has 1 fully saturated rings. The van der Waals surface area contributed by atoms with E-state index in [0.29, 0.717) is 5.56 Å². The van der Waals surface area contributed by atoms with Gasteiger partial charge in [0, 0.05) is 31.2 Å². The smallest absolute Gasteiger partial charge is 0.103 e. The number of anilines is 1. The third-order valence-electron chi connectivity index (χ3n) is 5.16. The number of aromatic nitrogens is 1. The van der Waals surface area contributed by atoms with Gasteiger partial charge in [-0.2, -0.15) is 5.26 Å². The monoisotopic (exact) mass is 337 g/mol. The van der Waals surface area contributed by atoms with E-state index in [1.807, 2.05) is 0 Å². The number of nitrogens with two attached hydrogens (primary N) is 1. The lowest BCUT2D eigenvalue weighted by Gasteiger charge is -2.26. The van der Waals surface area contributed by atoms with Crippen LogP contribution in [0.15, 0.2) is 18.3 Å². The minimum atomic E-state index is 0.672. The van der Waals surface area contributed by atoms with Gasteiger partial charge < -0.3 is 15.5 Å². The molecule has 0 amide bonds. The summed E-state index contributed by atoms with van der Waals surface area (Å²) < 4.78 is 0. The predicted molar refractivity (Wildman–Crippen MR) is 103 cm³/mol. The van der Waals surface area contributed by atoms with Crippen molar-refractivity contribution in [3.05, 3.63) is 35.0 Å². The summed E-state index contributed by atoms with van der Waals surface area (Å²) in [5, 5.41) is 10.7. The Morgan fingerprint density at radius 2 is 1.96 bits per heavy atom. The Bertz CT molecular complexity index is 793. The molecule has 0 radical (unpaired) electrons. The number of nitriles is 1. The van der Waals surface area contributed by atoms with Gasteiger partial charge in [-0.05, 0) is 69.6 Å². The molecule has 5 nitrogen and oxygen atoms in total. The summed E-state index contributed by atoms with van der Waals surface area (Å²) in [6, 6.07) is 6.66. The Balaban J connectivity index is 1.96. The van der Waals surface area contributed by atoms with Crippen LogP contribution < -0.4 is 10.6 Å². The van der Waals surface area contributed by atoms with E-state index in [0.717, 1.165) is 68.7 Å². The summed E-state index contributed by atoms with van der Waals surface area (Å²) in [5.74, 6) is 0. The van der Waals surface area contributed by atoms with Gasteiger partial charge in [-0.15, -0.1) is 0 Å². The molecule has 3 rings (SSSR count). The molecule has 0 bridgehead atoms. The maximum absolute atomic E-state index is 9.63. The van der Waals surface area contributed by atoms with Crippen LogP contribution in [-0.4, -0.2) is 49.2 Å². The van der Waals surface area contributed by atoms with E-state index in [-0.39, 0.29) is 0 Å². The van der Waals surface area contributed by atoms with Crippen molar-refractivity contribution in [3.8, 4) is 6.07 Å². The van der Waals surface area contributed by atoms with Crippen LogP contribution in [0.25, 0.3) is 10.9 Å². The minimum Gasteiger partial charge on any atom is -0.369 e. The predicted octanol–water partition coefficient (Wildman–Crippen LogP) is 2.58. The van der Waals surface area contributed by atoms with Gasteiger partial charge in [0.15, 0.2) is 0 Å². The van der Waals surface area contributed by atoms with Crippen molar-refractivity contribution >= 4 is 16.6 Å². The first-order chi connectivity index (χ1) is 12.1. The SMILES string of the molecule is Cc1cc2ncc(C#N)c(N3CCCN(CCCN)CC3)c2cc1C. The van der Waals surface area contributed by atoms with E-state index >= 15 is 0 Å². The molecule has 0 saturated carbocycles. The Hall–Kier alpha value is -2.16. The number of rotatable bonds is 4. The van der Waals surface area contributed by atoms with E-state index in [1.54, 1.807) is 6.20 Å². The topological polar surface area (TPSA) is 69.2 Å². The van der Waals surface area contributed by atoms with E-state index in [9.17, 15) is 5.26 Å². The van der Waals surface area contributed by atoms with Gasteiger partial charge in [-0.25, -0.2) is 0 Å². The van der Waals surface area contributed by atoms with Crippen molar-refractivity contribution in [1.82, 2.24) is 9.88 Å². The summed E-state index contributed by atoms with van der Waals surface area (Å²) in [6.45, 7) is 10.0. The van der Waals surface area contributed by atoms with Crippen LogP contribution in [0.4, 0.5) is 5.69 Å². The van der Waals surface area contributed by atoms with Gasteiger partial charge in [0.25, 0.3) is 0 Å². The first-order valence-electron chi connectivity index (χ1n) is 9.11. The molecule has 0 aliphatic carbocycles. The molecule has 0 unspecified atom stereocenters. The molecule has 1 aromatic heterocycles. The molecule has 2 aromatic rings. The number of nitrogens with zero attached hydrogens (tertiary/aromatic N) is 4.